The molecule has 2 aromatic rings. The van der Waals surface area contributed by atoms with Crippen molar-refractivity contribution >= 4 is 5.91 Å². The Kier molecular flexibility index (Phi) is 4.34. The monoisotopic (exact) mass is 338 g/mol. The van der Waals surface area contributed by atoms with Gasteiger partial charge in [0, 0.05) is 45.6 Å². The average Bonchev–Trinajstić information content (AvgIpc) is 3.40. The smallest absolute Gasteiger partial charge is 0.233 e. The Morgan fingerprint density at radius 3 is 2.60 bits per heavy atom. The zero-order chi connectivity index (χ0) is 17.3. The van der Waals surface area contributed by atoms with Crippen molar-refractivity contribution < 1.29 is 4.79 Å². The SMILES string of the molecule is Cn1ccnc1CN1CCCN(C(=O)C2(c3ccccc3)CC2)CC1. The number of imidazole rings is 1. The van der Waals surface area contributed by atoms with Crippen LogP contribution in [0.3, 0.4) is 0 Å². The lowest BCUT2D eigenvalue weighted by Gasteiger charge is -2.26. The molecule has 132 valence electrons. The van der Waals surface area contributed by atoms with Crippen LogP contribution in [0.15, 0.2) is 42.7 Å². The van der Waals surface area contributed by atoms with Gasteiger partial charge in [-0.15, -0.1) is 0 Å². The minimum absolute atomic E-state index is 0.240. The Morgan fingerprint density at radius 1 is 1.12 bits per heavy atom. The van der Waals surface area contributed by atoms with Gasteiger partial charge in [-0.25, -0.2) is 4.98 Å². The number of hydrogen-bond donors (Lipinski definition) is 0. The van der Waals surface area contributed by atoms with Gasteiger partial charge < -0.3 is 9.47 Å². The fourth-order valence-electron chi connectivity index (χ4n) is 3.89. The van der Waals surface area contributed by atoms with Crippen molar-refractivity contribution in [3.63, 3.8) is 0 Å². The molecule has 0 bridgehead atoms. The summed E-state index contributed by atoms with van der Waals surface area (Å²) in [4.78, 5) is 22.1. The van der Waals surface area contributed by atoms with E-state index in [0.29, 0.717) is 5.91 Å². The summed E-state index contributed by atoms with van der Waals surface area (Å²) < 4.78 is 2.07. The molecule has 1 saturated carbocycles. The van der Waals surface area contributed by atoms with Crippen LogP contribution >= 0.6 is 0 Å². The number of hydrogen-bond acceptors (Lipinski definition) is 3. The first-order valence-corrected chi connectivity index (χ1v) is 9.22. The Hall–Kier alpha value is -2.14. The van der Waals surface area contributed by atoms with E-state index < -0.39 is 0 Å². The molecule has 5 heteroatoms. The van der Waals surface area contributed by atoms with Crippen LogP contribution < -0.4 is 0 Å². The van der Waals surface area contributed by atoms with Crippen LogP contribution in [0.4, 0.5) is 0 Å². The van der Waals surface area contributed by atoms with E-state index in [-0.39, 0.29) is 5.41 Å². The molecule has 1 saturated heterocycles. The third kappa shape index (κ3) is 3.21. The molecule has 5 nitrogen and oxygen atoms in total. The highest BCUT2D eigenvalue weighted by atomic mass is 16.2. The molecule has 0 N–H and O–H groups in total. The predicted molar refractivity (Wildman–Crippen MR) is 97.0 cm³/mol. The Bertz CT molecular complexity index is 735. The highest BCUT2D eigenvalue weighted by molar-refractivity contribution is 5.91. The first-order chi connectivity index (χ1) is 12.2. The molecule has 0 radical (unpaired) electrons. The summed E-state index contributed by atoms with van der Waals surface area (Å²) in [5.74, 6) is 1.42. The molecule has 0 unspecified atom stereocenters. The standard InChI is InChI=1S/C20H26N4O/c1-22-13-10-21-18(22)16-23-11-5-12-24(15-14-23)19(25)20(8-9-20)17-6-3-2-4-7-17/h2-4,6-7,10,13H,5,8-9,11-12,14-16H2,1H3. The number of nitrogens with zero attached hydrogens (tertiary/aromatic N) is 4. The highest BCUT2D eigenvalue weighted by Gasteiger charge is 2.52. The molecular weight excluding hydrogens is 312 g/mol. The lowest BCUT2D eigenvalue weighted by Crippen LogP contribution is -2.41. The summed E-state index contributed by atoms with van der Waals surface area (Å²) in [5.41, 5.74) is 0.949. The topological polar surface area (TPSA) is 41.4 Å². The Labute approximate surface area is 149 Å². The summed E-state index contributed by atoms with van der Waals surface area (Å²) in [6.45, 7) is 4.48. The molecule has 4 rings (SSSR count). The van der Waals surface area contributed by atoms with Crippen LogP contribution in [0.25, 0.3) is 0 Å². The van der Waals surface area contributed by atoms with Crippen LogP contribution in [0, 0.1) is 0 Å². The molecule has 1 aromatic heterocycles. The zero-order valence-corrected chi connectivity index (χ0v) is 14.9. The average molecular weight is 338 g/mol. The second kappa shape index (κ2) is 6.64. The fourth-order valence-corrected chi connectivity index (χ4v) is 3.89. The van der Waals surface area contributed by atoms with Crippen molar-refractivity contribution in [1.82, 2.24) is 19.4 Å². The minimum atomic E-state index is -0.240. The zero-order valence-electron chi connectivity index (χ0n) is 14.9. The van der Waals surface area contributed by atoms with Gasteiger partial charge in [0.15, 0.2) is 0 Å². The molecule has 1 aliphatic carbocycles. The summed E-state index contributed by atoms with van der Waals surface area (Å²) in [7, 11) is 2.03. The normalized spacial score (nSPS) is 20.3. The second-order valence-corrected chi connectivity index (χ2v) is 7.32. The van der Waals surface area contributed by atoms with Crippen LogP contribution in [-0.4, -0.2) is 51.4 Å². The fraction of sp³-hybridized carbons (Fsp3) is 0.500. The highest BCUT2D eigenvalue weighted by Crippen LogP contribution is 2.49. The van der Waals surface area contributed by atoms with E-state index in [9.17, 15) is 4.79 Å². The molecule has 1 aliphatic heterocycles. The molecule has 25 heavy (non-hydrogen) atoms. The second-order valence-electron chi connectivity index (χ2n) is 7.32. The van der Waals surface area contributed by atoms with E-state index in [1.54, 1.807) is 0 Å². The van der Waals surface area contributed by atoms with Crippen LogP contribution in [0.1, 0.15) is 30.7 Å². The Balaban J connectivity index is 1.41. The van der Waals surface area contributed by atoms with Gasteiger partial charge in [-0.2, -0.15) is 0 Å². The van der Waals surface area contributed by atoms with E-state index in [0.717, 1.165) is 57.8 Å². The van der Waals surface area contributed by atoms with Crippen molar-refractivity contribution in [3.8, 4) is 0 Å². The molecule has 1 aromatic carbocycles. The van der Waals surface area contributed by atoms with Crippen molar-refractivity contribution in [2.75, 3.05) is 26.2 Å². The molecule has 2 heterocycles. The summed E-state index contributed by atoms with van der Waals surface area (Å²) in [5, 5.41) is 0. The van der Waals surface area contributed by atoms with Gasteiger partial charge in [-0.05, 0) is 24.8 Å². The van der Waals surface area contributed by atoms with Crippen LogP contribution in [-0.2, 0) is 23.8 Å². The van der Waals surface area contributed by atoms with Gasteiger partial charge in [-0.3, -0.25) is 9.69 Å². The van der Waals surface area contributed by atoms with Gasteiger partial charge in [0.25, 0.3) is 0 Å². The van der Waals surface area contributed by atoms with Crippen molar-refractivity contribution in [3.05, 3.63) is 54.1 Å². The first-order valence-electron chi connectivity index (χ1n) is 9.22. The first kappa shape index (κ1) is 16.3. The summed E-state index contributed by atoms with van der Waals surface area (Å²) in [6.07, 6.45) is 6.84. The van der Waals surface area contributed by atoms with E-state index in [4.69, 9.17) is 0 Å². The van der Waals surface area contributed by atoms with Gasteiger partial charge >= 0.3 is 0 Å². The largest absolute Gasteiger partial charge is 0.341 e. The Morgan fingerprint density at radius 2 is 1.92 bits per heavy atom. The molecular formula is C20H26N4O. The van der Waals surface area contributed by atoms with Crippen LogP contribution in [0.5, 0.6) is 0 Å². The number of carbonyl (C=O) groups excluding carboxylic acids is 1. The number of rotatable bonds is 4. The maximum atomic E-state index is 13.2. The van der Waals surface area contributed by atoms with Crippen molar-refractivity contribution in [2.45, 2.75) is 31.2 Å². The van der Waals surface area contributed by atoms with Crippen LogP contribution in [0.2, 0.25) is 0 Å². The number of aromatic nitrogens is 2. The minimum Gasteiger partial charge on any atom is -0.341 e. The van der Waals surface area contributed by atoms with Gasteiger partial charge in [0.05, 0.1) is 12.0 Å². The third-order valence-electron chi connectivity index (χ3n) is 5.65. The molecule has 2 fully saturated rings. The maximum Gasteiger partial charge on any atom is 0.233 e. The molecule has 2 aliphatic rings. The maximum absolute atomic E-state index is 13.2. The van der Waals surface area contributed by atoms with E-state index in [1.807, 2.05) is 37.6 Å². The van der Waals surface area contributed by atoms with Gasteiger partial charge in [0.2, 0.25) is 5.91 Å². The summed E-state index contributed by atoms with van der Waals surface area (Å²) >= 11 is 0. The number of aryl methyl sites for hydroxylation is 1. The van der Waals surface area contributed by atoms with Crippen molar-refractivity contribution in [1.29, 1.82) is 0 Å². The predicted octanol–water partition coefficient (Wildman–Crippen LogP) is 2.19. The number of carbonyl (C=O) groups is 1. The van der Waals surface area contributed by atoms with Crippen molar-refractivity contribution in [2.24, 2.45) is 7.05 Å². The molecule has 0 atom stereocenters. The third-order valence-corrected chi connectivity index (χ3v) is 5.65. The van der Waals surface area contributed by atoms with E-state index in [1.165, 1.54) is 5.56 Å². The van der Waals surface area contributed by atoms with E-state index in [2.05, 4.69) is 31.5 Å². The number of amides is 1. The lowest BCUT2D eigenvalue weighted by molar-refractivity contribution is -0.133. The molecule has 0 spiro atoms. The number of benzene rings is 1. The van der Waals surface area contributed by atoms with E-state index >= 15 is 0 Å². The summed E-state index contributed by atoms with van der Waals surface area (Å²) in [6, 6.07) is 10.3. The van der Waals surface area contributed by atoms with Gasteiger partial charge in [-0.1, -0.05) is 30.3 Å². The van der Waals surface area contributed by atoms with Gasteiger partial charge in [0.1, 0.15) is 5.82 Å². The molecule has 1 amide bonds. The quantitative estimate of drug-likeness (QED) is 0.858. The lowest BCUT2D eigenvalue weighted by atomic mass is 9.94.